The van der Waals surface area contributed by atoms with Crippen LogP contribution in [0, 0.1) is 0 Å². The molecule has 0 N–H and O–H groups in total. The van der Waals surface area contributed by atoms with Crippen LogP contribution in [0.5, 0.6) is 11.5 Å². The normalized spacial score (nSPS) is 17.4. The standard InChI is InChI=1S/C26H29NO2/c1-19(21-9-5-4-6-10-21)27-16-15-22-11-7-8-12-23(22)24(27)17-20-13-14-25(28-2)26(18-20)29-3/h4-14,18-19,24H,15-17H2,1-3H3/t19-,24-/m1/s1. The third-order valence-corrected chi connectivity index (χ3v) is 6.11. The fourth-order valence-corrected chi connectivity index (χ4v) is 4.52. The summed E-state index contributed by atoms with van der Waals surface area (Å²) in [5.41, 5.74) is 5.53. The number of nitrogens with zero attached hydrogens (tertiary/aromatic N) is 1. The molecule has 2 atom stereocenters. The molecule has 1 aliphatic rings. The molecule has 0 saturated heterocycles. The second kappa shape index (κ2) is 8.71. The fraction of sp³-hybridized carbons (Fsp3) is 0.308. The molecule has 3 nitrogen and oxygen atoms in total. The molecule has 0 amide bonds. The number of fused-ring (bicyclic) bond motifs is 1. The monoisotopic (exact) mass is 387 g/mol. The lowest BCUT2D eigenvalue weighted by Gasteiger charge is -2.41. The summed E-state index contributed by atoms with van der Waals surface area (Å²) in [6.45, 7) is 3.38. The molecule has 0 bridgehead atoms. The first-order valence-corrected chi connectivity index (χ1v) is 10.3. The zero-order chi connectivity index (χ0) is 20.2. The molecule has 3 heteroatoms. The fourth-order valence-electron chi connectivity index (χ4n) is 4.52. The van der Waals surface area contributed by atoms with Crippen molar-refractivity contribution in [2.75, 3.05) is 20.8 Å². The number of rotatable bonds is 6. The Kier molecular flexibility index (Phi) is 5.86. The molecule has 150 valence electrons. The van der Waals surface area contributed by atoms with Crippen LogP contribution in [0.1, 0.15) is 41.3 Å². The van der Waals surface area contributed by atoms with Crippen LogP contribution >= 0.6 is 0 Å². The van der Waals surface area contributed by atoms with Gasteiger partial charge in [0, 0.05) is 18.6 Å². The van der Waals surface area contributed by atoms with Crippen LogP contribution in [-0.2, 0) is 12.8 Å². The van der Waals surface area contributed by atoms with E-state index < -0.39 is 0 Å². The molecule has 3 aromatic rings. The molecule has 0 saturated carbocycles. The summed E-state index contributed by atoms with van der Waals surface area (Å²) in [7, 11) is 3.37. The zero-order valence-electron chi connectivity index (χ0n) is 17.5. The lowest BCUT2D eigenvalue weighted by atomic mass is 9.87. The van der Waals surface area contributed by atoms with Crippen molar-refractivity contribution in [3.05, 3.63) is 95.1 Å². The molecule has 1 heterocycles. The van der Waals surface area contributed by atoms with Gasteiger partial charge < -0.3 is 9.47 Å². The smallest absolute Gasteiger partial charge is 0.160 e. The Morgan fingerprint density at radius 1 is 0.897 bits per heavy atom. The Morgan fingerprint density at radius 2 is 1.62 bits per heavy atom. The van der Waals surface area contributed by atoms with Crippen molar-refractivity contribution in [2.45, 2.75) is 31.8 Å². The summed E-state index contributed by atoms with van der Waals surface area (Å²) in [6.07, 6.45) is 2.03. The molecular formula is C26H29NO2. The van der Waals surface area contributed by atoms with Crippen molar-refractivity contribution in [3.8, 4) is 11.5 Å². The highest BCUT2D eigenvalue weighted by atomic mass is 16.5. The van der Waals surface area contributed by atoms with E-state index in [9.17, 15) is 0 Å². The molecule has 29 heavy (non-hydrogen) atoms. The van der Waals surface area contributed by atoms with Crippen molar-refractivity contribution in [3.63, 3.8) is 0 Å². The molecular weight excluding hydrogens is 358 g/mol. The Hall–Kier alpha value is -2.78. The third-order valence-electron chi connectivity index (χ3n) is 6.11. The molecule has 0 aliphatic carbocycles. The number of ether oxygens (including phenoxy) is 2. The van der Waals surface area contributed by atoms with Crippen LogP contribution in [0.3, 0.4) is 0 Å². The van der Waals surface area contributed by atoms with Gasteiger partial charge in [0.05, 0.1) is 14.2 Å². The van der Waals surface area contributed by atoms with Gasteiger partial charge in [-0.05, 0) is 54.2 Å². The third kappa shape index (κ3) is 4.01. The average molecular weight is 388 g/mol. The predicted octanol–water partition coefficient (Wildman–Crippen LogP) is 5.61. The molecule has 3 aromatic carbocycles. The number of benzene rings is 3. The lowest BCUT2D eigenvalue weighted by molar-refractivity contribution is 0.132. The topological polar surface area (TPSA) is 21.7 Å². The van der Waals surface area contributed by atoms with Gasteiger partial charge >= 0.3 is 0 Å². The average Bonchev–Trinajstić information content (AvgIpc) is 2.79. The first-order chi connectivity index (χ1) is 14.2. The van der Waals surface area contributed by atoms with E-state index >= 15 is 0 Å². The highest BCUT2D eigenvalue weighted by molar-refractivity contribution is 5.44. The van der Waals surface area contributed by atoms with E-state index in [0.29, 0.717) is 12.1 Å². The van der Waals surface area contributed by atoms with Crippen LogP contribution in [-0.4, -0.2) is 25.7 Å². The van der Waals surface area contributed by atoms with Gasteiger partial charge in [-0.15, -0.1) is 0 Å². The Labute approximate surface area is 173 Å². The van der Waals surface area contributed by atoms with E-state index in [1.807, 2.05) is 6.07 Å². The van der Waals surface area contributed by atoms with Crippen LogP contribution in [0.2, 0.25) is 0 Å². The van der Waals surface area contributed by atoms with Crippen LogP contribution in [0.4, 0.5) is 0 Å². The largest absolute Gasteiger partial charge is 0.493 e. The van der Waals surface area contributed by atoms with Crippen molar-refractivity contribution in [2.24, 2.45) is 0 Å². The summed E-state index contributed by atoms with van der Waals surface area (Å²) >= 11 is 0. The van der Waals surface area contributed by atoms with Gasteiger partial charge in [0.1, 0.15) is 0 Å². The van der Waals surface area contributed by atoms with Crippen molar-refractivity contribution < 1.29 is 9.47 Å². The predicted molar refractivity (Wildman–Crippen MR) is 118 cm³/mol. The maximum Gasteiger partial charge on any atom is 0.160 e. The van der Waals surface area contributed by atoms with Crippen molar-refractivity contribution >= 4 is 0 Å². The first kappa shape index (κ1) is 19.5. The first-order valence-electron chi connectivity index (χ1n) is 10.3. The van der Waals surface area contributed by atoms with Crippen molar-refractivity contribution in [1.82, 2.24) is 4.90 Å². The van der Waals surface area contributed by atoms with E-state index in [2.05, 4.69) is 78.6 Å². The highest BCUT2D eigenvalue weighted by Gasteiger charge is 2.31. The molecule has 4 rings (SSSR count). The summed E-state index contributed by atoms with van der Waals surface area (Å²) in [5.74, 6) is 1.56. The molecule has 1 aliphatic heterocycles. The summed E-state index contributed by atoms with van der Waals surface area (Å²) in [4.78, 5) is 2.65. The minimum atomic E-state index is 0.327. The molecule has 0 fully saturated rings. The van der Waals surface area contributed by atoms with Gasteiger partial charge in [-0.2, -0.15) is 0 Å². The van der Waals surface area contributed by atoms with E-state index in [0.717, 1.165) is 30.9 Å². The number of hydrogen-bond donors (Lipinski definition) is 0. The van der Waals surface area contributed by atoms with Crippen molar-refractivity contribution in [1.29, 1.82) is 0 Å². The van der Waals surface area contributed by atoms with Gasteiger partial charge in [0.15, 0.2) is 11.5 Å². The van der Waals surface area contributed by atoms with E-state index in [4.69, 9.17) is 9.47 Å². The van der Waals surface area contributed by atoms with Gasteiger partial charge in [0.2, 0.25) is 0 Å². The van der Waals surface area contributed by atoms with Gasteiger partial charge in [-0.3, -0.25) is 4.90 Å². The lowest BCUT2D eigenvalue weighted by Crippen LogP contribution is -2.38. The summed E-state index contributed by atoms with van der Waals surface area (Å²) < 4.78 is 11.0. The Balaban J connectivity index is 1.70. The second-order valence-corrected chi connectivity index (χ2v) is 7.68. The van der Waals surface area contributed by atoms with Crippen LogP contribution < -0.4 is 9.47 Å². The van der Waals surface area contributed by atoms with Gasteiger partial charge in [-0.25, -0.2) is 0 Å². The number of methoxy groups -OCH3 is 2. The van der Waals surface area contributed by atoms with E-state index in [1.165, 1.54) is 22.3 Å². The number of hydrogen-bond acceptors (Lipinski definition) is 3. The molecule has 0 radical (unpaired) electrons. The Bertz CT molecular complexity index is 954. The van der Waals surface area contributed by atoms with E-state index in [-0.39, 0.29) is 0 Å². The summed E-state index contributed by atoms with van der Waals surface area (Å²) in [6, 6.07) is 26.7. The highest BCUT2D eigenvalue weighted by Crippen LogP contribution is 2.39. The zero-order valence-corrected chi connectivity index (χ0v) is 17.5. The minimum absolute atomic E-state index is 0.327. The maximum atomic E-state index is 5.54. The maximum absolute atomic E-state index is 5.54. The SMILES string of the molecule is COc1ccc(C[C@@H]2c3ccccc3CCN2[C@H](C)c2ccccc2)cc1OC. The molecule has 0 aromatic heterocycles. The second-order valence-electron chi connectivity index (χ2n) is 7.68. The minimum Gasteiger partial charge on any atom is -0.493 e. The quantitative estimate of drug-likeness (QED) is 0.549. The molecule has 0 unspecified atom stereocenters. The van der Waals surface area contributed by atoms with Gasteiger partial charge in [0.25, 0.3) is 0 Å². The van der Waals surface area contributed by atoms with Crippen LogP contribution in [0.25, 0.3) is 0 Å². The van der Waals surface area contributed by atoms with Crippen LogP contribution in [0.15, 0.2) is 72.8 Å². The Morgan fingerprint density at radius 3 is 2.38 bits per heavy atom. The van der Waals surface area contributed by atoms with E-state index in [1.54, 1.807) is 14.2 Å². The van der Waals surface area contributed by atoms with Gasteiger partial charge in [-0.1, -0.05) is 60.7 Å². The molecule has 0 spiro atoms. The summed E-state index contributed by atoms with van der Waals surface area (Å²) in [5, 5.41) is 0.